The number of hydrogen-bond acceptors (Lipinski definition) is 3. The zero-order chi connectivity index (χ0) is 14.9. The van der Waals surface area contributed by atoms with Gasteiger partial charge < -0.3 is 15.0 Å². The smallest absolute Gasteiger partial charge is 0.227 e. The molecule has 21 heavy (non-hydrogen) atoms. The molecule has 3 rings (SSSR count). The van der Waals surface area contributed by atoms with Crippen molar-refractivity contribution in [1.82, 2.24) is 4.90 Å². The summed E-state index contributed by atoms with van der Waals surface area (Å²) in [4.78, 5) is 14.8. The fourth-order valence-electron chi connectivity index (χ4n) is 3.43. The highest BCUT2D eigenvalue weighted by Gasteiger charge is 2.36. The summed E-state index contributed by atoms with van der Waals surface area (Å²) >= 11 is 0. The molecule has 0 aliphatic carbocycles. The molecular formula is C17H24N2O2. The predicted octanol–water partition coefficient (Wildman–Crippen LogP) is 2.30. The van der Waals surface area contributed by atoms with Crippen molar-refractivity contribution in [1.29, 1.82) is 0 Å². The molecule has 1 saturated heterocycles. The molecule has 2 atom stereocenters. The van der Waals surface area contributed by atoms with Crippen molar-refractivity contribution in [3.63, 3.8) is 0 Å². The van der Waals surface area contributed by atoms with Gasteiger partial charge in [0, 0.05) is 32.4 Å². The van der Waals surface area contributed by atoms with Gasteiger partial charge in [-0.3, -0.25) is 4.79 Å². The van der Waals surface area contributed by atoms with E-state index in [9.17, 15) is 4.79 Å². The second-order valence-corrected chi connectivity index (χ2v) is 6.46. The van der Waals surface area contributed by atoms with Gasteiger partial charge in [0.2, 0.25) is 5.91 Å². The minimum Gasteiger partial charge on any atom is -0.384 e. The Morgan fingerprint density at radius 1 is 1.43 bits per heavy atom. The van der Waals surface area contributed by atoms with Crippen LogP contribution in [0.2, 0.25) is 0 Å². The van der Waals surface area contributed by atoms with Crippen LogP contribution in [0, 0.1) is 5.92 Å². The average Bonchev–Trinajstić information content (AvgIpc) is 2.54. The van der Waals surface area contributed by atoms with E-state index >= 15 is 0 Å². The highest BCUT2D eigenvalue weighted by molar-refractivity contribution is 5.81. The van der Waals surface area contributed by atoms with Crippen LogP contribution in [0.1, 0.15) is 25.3 Å². The number of carbonyl (C=O) groups is 1. The summed E-state index contributed by atoms with van der Waals surface area (Å²) < 4.78 is 5.59. The molecule has 0 saturated carbocycles. The van der Waals surface area contributed by atoms with Gasteiger partial charge in [-0.1, -0.05) is 18.2 Å². The molecular weight excluding hydrogens is 264 g/mol. The van der Waals surface area contributed by atoms with Crippen LogP contribution in [-0.2, 0) is 16.0 Å². The number of amides is 1. The van der Waals surface area contributed by atoms with Crippen LogP contribution in [0.5, 0.6) is 0 Å². The Bertz CT molecular complexity index is 531. The lowest BCUT2D eigenvalue weighted by Crippen LogP contribution is -2.52. The summed E-state index contributed by atoms with van der Waals surface area (Å²) in [6.45, 7) is 4.40. The van der Waals surface area contributed by atoms with Crippen LogP contribution in [0.25, 0.3) is 0 Å². The Balaban J connectivity index is 1.69. The first-order valence-electron chi connectivity index (χ1n) is 7.77. The first kappa shape index (κ1) is 14.4. The van der Waals surface area contributed by atoms with Crippen molar-refractivity contribution in [2.75, 3.05) is 32.1 Å². The monoisotopic (exact) mass is 288 g/mol. The summed E-state index contributed by atoms with van der Waals surface area (Å²) in [5, 5.41) is 3.39. The molecule has 1 fully saturated rings. The minimum atomic E-state index is -0.187. The van der Waals surface area contributed by atoms with Gasteiger partial charge in [0.05, 0.1) is 11.5 Å². The van der Waals surface area contributed by atoms with E-state index in [1.165, 1.54) is 11.3 Å². The Morgan fingerprint density at radius 3 is 3.05 bits per heavy atom. The van der Waals surface area contributed by atoms with Crippen molar-refractivity contribution in [2.45, 2.75) is 31.8 Å². The zero-order valence-electron chi connectivity index (χ0n) is 12.9. The first-order chi connectivity index (χ1) is 10.1. The lowest BCUT2D eigenvalue weighted by atomic mass is 9.90. The van der Waals surface area contributed by atoms with E-state index in [-0.39, 0.29) is 17.4 Å². The zero-order valence-corrected chi connectivity index (χ0v) is 12.9. The standard InChI is InChI=1S/C17H24N2O2/c1-17(21-2)8-5-9-19(12-17)16(20)14-10-13-6-3-4-7-15(13)18-11-14/h3-4,6-7,14,18H,5,8-12H2,1-2H3. The third-order valence-electron chi connectivity index (χ3n) is 4.84. The van der Waals surface area contributed by atoms with Crippen molar-refractivity contribution >= 4 is 11.6 Å². The topological polar surface area (TPSA) is 41.6 Å². The van der Waals surface area contributed by atoms with E-state index in [1.807, 2.05) is 17.0 Å². The number of benzene rings is 1. The summed E-state index contributed by atoms with van der Waals surface area (Å²) in [6, 6.07) is 8.26. The molecule has 1 N–H and O–H groups in total. The molecule has 0 spiro atoms. The predicted molar refractivity (Wildman–Crippen MR) is 83.4 cm³/mol. The summed E-state index contributed by atoms with van der Waals surface area (Å²) in [6.07, 6.45) is 2.88. The van der Waals surface area contributed by atoms with E-state index in [0.717, 1.165) is 32.4 Å². The second-order valence-electron chi connectivity index (χ2n) is 6.46. The number of likely N-dealkylation sites (tertiary alicyclic amines) is 1. The highest BCUT2D eigenvalue weighted by Crippen LogP contribution is 2.28. The maximum Gasteiger partial charge on any atom is 0.227 e. The molecule has 114 valence electrons. The molecule has 1 aromatic rings. The molecule has 1 aromatic carbocycles. The lowest BCUT2D eigenvalue weighted by Gasteiger charge is -2.41. The number of carbonyl (C=O) groups excluding carboxylic acids is 1. The molecule has 2 aliphatic heterocycles. The van der Waals surface area contributed by atoms with Crippen LogP contribution in [0.15, 0.2) is 24.3 Å². The number of ether oxygens (including phenoxy) is 1. The van der Waals surface area contributed by atoms with Gasteiger partial charge in [-0.2, -0.15) is 0 Å². The van der Waals surface area contributed by atoms with Gasteiger partial charge in [0.15, 0.2) is 0 Å². The molecule has 4 nitrogen and oxygen atoms in total. The third-order valence-corrected chi connectivity index (χ3v) is 4.84. The van der Waals surface area contributed by atoms with Crippen LogP contribution in [-0.4, -0.2) is 43.2 Å². The molecule has 0 bridgehead atoms. The van der Waals surface area contributed by atoms with E-state index in [1.54, 1.807) is 7.11 Å². The Kier molecular flexibility index (Phi) is 3.89. The first-order valence-corrected chi connectivity index (χ1v) is 7.77. The number of hydrogen-bond donors (Lipinski definition) is 1. The van der Waals surface area contributed by atoms with E-state index in [4.69, 9.17) is 4.74 Å². The number of methoxy groups -OCH3 is 1. The molecule has 0 radical (unpaired) electrons. The largest absolute Gasteiger partial charge is 0.384 e. The van der Waals surface area contributed by atoms with E-state index in [0.29, 0.717) is 6.54 Å². The number of para-hydroxylation sites is 1. The van der Waals surface area contributed by atoms with Crippen molar-refractivity contribution in [2.24, 2.45) is 5.92 Å². The molecule has 1 amide bonds. The molecule has 4 heteroatoms. The van der Waals surface area contributed by atoms with Crippen LogP contribution in [0.3, 0.4) is 0 Å². The van der Waals surface area contributed by atoms with Gasteiger partial charge in [-0.05, 0) is 37.8 Å². The van der Waals surface area contributed by atoms with Crippen LogP contribution in [0.4, 0.5) is 5.69 Å². The summed E-state index contributed by atoms with van der Waals surface area (Å²) in [5.41, 5.74) is 2.23. The number of nitrogens with one attached hydrogen (secondary N) is 1. The SMILES string of the molecule is COC1(C)CCCN(C(=O)C2CNc3ccccc3C2)C1. The fraction of sp³-hybridized carbons (Fsp3) is 0.588. The fourth-order valence-corrected chi connectivity index (χ4v) is 3.43. The average molecular weight is 288 g/mol. The summed E-state index contributed by atoms with van der Waals surface area (Å²) in [5.74, 6) is 0.305. The number of fused-ring (bicyclic) bond motifs is 1. The van der Waals surface area contributed by atoms with Gasteiger partial charge >= 0.3 is 0 Å². The number of piperidine rings is 1. The van der Waals surface area contributed by atoms with Gasteiger partial charge in [-0.25, -0.2) is 0 Å². The lowest BCUT2D eigenvalue weighted by molar-refractivity contribution is -0.143. The van der Waals surface area contributed by atoms with Gasteiger partial charge in [-0.15, -0.1) is 0 Å². The third kappa shape index (κ3) is 2.91. The van der Waals surface area contributed by atoms with E-state index in [2.05, 4.69) is 24.4 Å². The quantitative estimate of drug-likeness (QED) is 0.908. The molecule has 2 aliphatic rings. The normalized spacial score (nSPS) is 28.7. The maximum absolute atomic E-state index is 12.8. The van der Waals surface area contributed by atoms with E-state index < -0.39 is 0 Å². The molecule has 2 unspecified atom stereocenters. The van der Waals surface area contributed by atoms with Crippen molar-refractivity contribution < 1.29 is 9.53 Å². The van der Waals surface area contributed by atoms with Crippen molar-refractivity contribution in [3.8, 4) is 0 Å². The van der Waals surface area contributed by atoms with Crippen LogP contribution >= 0.6 is 0 Å². The minimum absolute atomic E-state index is 0.0408. The number of anilines is 1. The maximum atomic E-state index is 12.8. The Labute approximate surface area is 126 Å². The Hall–Kier alpha value is -1.55. The van der Waals surface area contributed by atoms with Crippen molar-refractivity contribution in [3.05, 3.63) is 29.8 Å². The van der Waals surface area contributed by atoms with Gasteiger partial charge in [0.1, 0.15) is 0 Å². The molecule has 2 heterocycles. The van der Waals surface area contributed by atoms with Gasteiger partial charge in [0.25, 0.3) is 0 Å². The summed E-state index contributed by atoms with van der Waals surface area (Å²) in [7, 11) is 1.74. The molecule has 0 aromatic heterocycles. The number of rotatable bonds is 2. The second kappa shape index (κ2) is 5.68. The Morgan fingerprint density at radius 2 is 2.24 bits per heavy atom. The number of nitrogens with zero attached hydrogens (tertiary/aromatic N) is 1. The highest BCUT2D eigenvalue weighted by atomic mass is 16.5. The van der Waals surface area contributed by atoms with Crippen LogP contribution < -0.4 is 5.32 Å².